The van der Waals surface area contributed by atoms with Crippen molar-refractivity contribution < 1.29 is 4.74 Å². The standard InChI is InChI=1S/C8H12BrN3O/c9-7-3-11-12(6-7)1-2-13-8-4-10-5-8/h3,6,8,10H,1-2,4-5H2. The molecular formula is C8H12BrN3O. The first kappa shape index (κ1) is 9.18. The van der Waals surface area contributed by atoms with Gasteiger partial charge >= 0.3 is 0 Å². The molecule has 72 valence electrons. The smallest absolute Gasteiger partial charge is 0.0824 e. The fraction of sp³-hybridized carbons (Fsp3) is 0.625. The molecule has 0 unspecified atom stereocenters. The van der Waals surface area contributed by atoms with Crippen LogP contribution in [0, 0.1) is 0 Å². The molecule has 0 aliphatic carbocycles. The van der Waals surface area contributed by atoms with E-state index in [0.29, 0.717) is 6.10 Å². The average molecular weight is 246 g/mol. The fourth-order valence-corrected chi connectivity index (χ4v) is 1.48. The number of hydrogen-bond donors (Lipinski definition) is 1. The Bertz CT molecular complexity index is 272. The Hall–Kier alpha value is -0.390. The lowest BCUT2D eigenvalue weighted by Gasteiger charge is -2.26. The van der Waals surface area contributed by atoms with Gasteiger partial charge in [-0.15, -0.1) is 0 Å². The molecule has 4 nitrogen and oxygen atoms in total. The van der Waals surface area contributed by atoms with Crippen molar-refractivity contribution in [1.82, 2.24) is 15.1 Å². The molecule has 13 heavy (non-hydrogen) atoms. The first-order valence-corrected chi connectivity index (χ1v) is 5.14. The van der Waals surface area contributed by atoms with Gasteiger partial charge < -0.3 is 10.1 Å². The van der Waals surface area contributed by atoms with Crippen LogP contribution in [-0.4, -0.2) is 35.6 Å². The van der Waals surface area contributed by atoms with E-state index in [9.17, 15) is 0 Å². The number of rotatable bonds is 4. The minimum Gasteiger partial charge on any atom is -0.374 e. The molecule has 1 N–H and O–H groups in total. The lowest BCUT2D eigenvalue weighted by Crippen LogP contribution is -2.48. The van der Waals surface area contributed by atoms with Crippen LogP contribution in [0.3, 0.4) is 0 Å². The molecule has 1 aliphatic rings. The van der Waals surface area contributed by atoms with Crippen molar-refractivity contribution in [3.63, 3.8) is 0 Å². The van der Waals surface area contributed by atoms with E-state index in [0.717, 1.165) is 30.7 Å². The minimum atomic E-state index is 0.416. The SMILES string of the molecule is Brc1cnn(CCOC2CNC2)c1. The van der Waals surface area contributed by atoms with Gasteiger partial charge in [-0.3, -0.25) is 4.68 Å². The summed E-state index contributed by atoms with van der Waals surface area (Å²) in [5.41, 5.74) is 0. The van der Waals surface area contributed by atoms with E-state index in [4.69, 9.17) is 4.74 Å². The summed E-state index contributed by atoms with van der Waals surface area (Å²) in [7, 11) is 0. The third-order valence-corrected chi connectivity index (χ3v) is 2.43. The van der Waals surface area contributed by atoms with E-state index < -0.39 is 0 Å². The van der Waals surface area contributed by atoms with E-state index in [1.807, 2.05) is 10.9 Å². The maximum atomic E-state index is 5.55. The first-order chi connectivity index (χ1) is 6.34. The molecule has 0 saturated carbocycles. The summed E-state index contributed by atoms with van der Waals surface area (Å²) in [6.45, 7) is 3.54. The molecular weight excluding hydrogens is 234 g/mol. The summed E-state index contributed by atoms with van der Waals surface area (Å²) in [5.74, 6) is 0. The molecule has 1 saturated heterocycles. The second-order valence-electron chi connectivity index (χ2n) is 3.07. The monoisotopic (exact) mass is 245 g/mol. The van der Waals surface area contributed by atoms with Gasteiger partial charge in [-0.25, -0.2) is 0 Å². The molecule has 1 fully saturated rings. The van der Waals surface area contributed by atoms with Crippen molar-refractivity contribution in [2.45, 2.75) is 12.6 Å². The number of nitrogens with zero attached hydrogens (tertiary/aromatic N) is 2. The van der Waals surface area contributed by atoms with Gasteiger partial charge in [0.1, 0.15) is 0 Å². The fourth-order valence-electron chi connectivity index (χ4n) is 1.15. The maximum absolute atomic E-state index is 5.55. The summed E-state index contributed by atoms with van der Waals surface area (Å²) in [6, 6.07) is 0. The predicted molar refractivity (Wildman–Crippen MR) is 52.5 cm³/mol. The van der Waals surface area contributed by atoms with E-state index in [1.54, 1.807) is 6.20 Å². The molecule has 0 spiro atoms. The van der Waals surface area contributed by atoms with Crippen LogP contribution < -0.4 is 5.32 Å². The Kier molecular flexibility index (Phi) is 2.97. The van der Waals surface area contributed by atoms with Gasteiger partial charge in [0.25, 0.3) is 0 Å². The molecule has 0 atom stereocenters. The highest BCUT2D eigenvalue weighted by Gasteiger charge is 2.16. The summed E-state index contributed by atoms with van der Waals surface area (Å²) in [5, 5.41) is 7.29. The third kappa shape index (κ3) is 2.52. The molecule has 0 amide bonds. The van der Waals surface area contributed by atoms with Gasteiger partial charge in [0, 0.05) is 19.3 Å². The van der Waals surface area contributed by atoms with Crippen molar-refractivity contribution in [3.8, 4) is 0 Å². The van der Waals surface area contributed by atoms with Crippen molar-refractivity contribution in [1.29, 1.82) is 0 Å². The number of hydrogen-bond acceptors (Lipinski definition) is 3. The maximum Gasteiger partial charge on any atom is 0.0824 e. The van der Waals surface area contributed by atoms with Crippen LogP contribution in [0.15, 0.2) is 16.9 Å². The summed E-state index contributed by atoms with van der Waals surface area (Å²) < 4.78 is 8.44. The summed E-state index contributed by atoms with van der Waals surface area (Å²) >= 11 is 3.34. The van der Waals surface area contributed by atoms with Crippen LogP contribution >= 0.6 is 15.9 Å². The van der Waals surface area contributed by atoms with Gasteiger partial charge in [0.05, 0.1) is 29.9 Å². The lowest BCUT2D eigenvalue weighted by molar-refractivity contribution is 0.0137. The zero-order chi connectivity index (χ0) is 9.10. The summed E-state index contributed by atoms with van der Waals surface area (Å²) in [6.07, 6.45) is 4.15. The molecule has 2 heterocycles. The van der Waals surface area contributed by atoms with Gasteiger partial charge in [-0.05, 0) is 15.9 Å². The van der Waals surface area contributed by atoms with Crippen LogP contribution in [0.1, 0.15) is 0 Å². The second-order valence-corrected chi connectivity index (χ2v) is 3.99. The number of nitrogens with one attached hydrogen (secondary N) is 1. The highest BCUT2D eigenvalue weighted by molar-refractivity contribution is 9.10. The average Bonchev–Trinajstić information content (AvgIpc) is 2.42. The zero-order valence-electron chi connectivity index (χ0n) is 7.24. The molecule has 2 rings (SSSR count). The van der Waals surface area contributed by atoms with Gasteiger partial charge in [-0.1, -0.05) is 0 Å². The van der Waals surface area contributed by atoms with Crippen LogP contribution in [0.2, 0.25) is 0 Å². The minimum absolute atomic E-state index is 0.416. The first-order valence-electron chi connectivity index (χ1n) is 4.35. The van der Waals surface area contributed by atoms with Crippen LogP contribution in [-0.2, 0) is 11.3 Å². The normalized spacial score (nSPS) is 17.3. The van der Waals surface area contributed by atoms with E-state index >= 15 is 0 Å². The number of halogens is 1. The Balaban J connectivity index is 1.67. The molecule has 0 bridgehead atoms. The topological polar surface area (TPSA) is 39.1 Å². The second kappa shape index (κ2) is 4.21. The molecule has 0 radical (unpaired) electrons. The Morgan fingerprint density at radius 1 is 1.69 bits per heavy atom. The Morgan fingerprint density at radius 2 is 2.54 bits per heavy atom. The van der Waals surface area contributed by atoms with Crippen molar-refractivity contribution in [2.24, 2.45) is 0 Å². The van der Waals surface area contributed by atoms with Gasteiger partial charge in [0.2, 0.25) is 0 Å². The van der Waals surface area contributed by atoms with Crippen LogP contribution in [0.4, 0.5) is 0 Å². The van der Waals surface area contributed by atoms with Crippen LogP contribution in [0.5, 0.6) is 0 Å². The van der Waals surface area contributed by atoms with E-state index in [1.165, 1.54) is 0 Å². The lowest BCUT2D eigenvalue weighted by atomic mass is 10.2. The summed E-state index contributed by atoms with van der Waals surface area (Å²) in [4.78, 5) is 0. The number of aromatic nitrogens is 2. The van der Waals surface area contributed by atoms with E-state index in [2.05, 4.69) is 26.3 Å². The molecule has 1 aromatic rings. The Labute approximate surface area is 85.4 Å². The highest BCUT2D eigenvalue weighted by atomic mass is 79.9. The predicted octanol–water partition coefficient (Wildman–Crippen LogP) is 0.634. The molecule has 1 aliphatic heterocycles. The quantitative estimate of drug-likeness (QED) is 0.847. The van der Waals surface area contributed by atoms with Crippen molar-refractivity contribution >= 4 is 15.9 Å². The van der Waals surface area contributed by atoms with Crippen molar-refractivity contribution in [2.75, 3.05) is 19.7 Å². The van der Waals surface area contributed by atoms with Gasteiger partial charge in [-0.2, -0.15) is 5.10 Å². The van der Waals surface area contributed by atoms with E-state index in [-0.39, 0.29) is 0 Å². The third-order valence-electron chi connectivity index (χ3n) is 2.02. The van der Waals surface area contributed by atoms with Crippen molar-refractivity contribution in [3.05, 3.63) is 16.9 Å². The molecule has 5 heteroatoms. The zero-order valence-corrected chi connectivity index (χ0v) is 8.83. The largest absolute Gasteiger partial charge is 0.374 e. The highest BCUT2D eigenvalue weighted by Crippen LogP contribution is 2.06. The molecule has 0 aromatic carbocycles. The van der Waals surface area contributed by atoms with Crippen LogP contribution in [0.25, 0.3) is 0 Å². The molecule has 1 aromatic heterocycles. The number of ether oxygens (including phenoxy) is 1. The Morgan fingerprint density at radius 3 is 3.08 bits per heavy atom. The van der Waals surface area contributed by atoms with Gasteiger partial charge in [0.15, 0.2) is 0 Å².